The predicted molar refractivity (Wildman–Crippen MR) is 121 cm³/mol. The van der Waals surface area contributed by atoms with Crippen molar-refractivity contribution in [1.82, 2.24) is 4.90 Å². The minimum atomic E-state index is -0.804. The molecule has 4 rings (SSSR count). The fourth-order valence-electron chi connectivity index (χ4n) is 4.43. The standard InChI is InChI=1S/C24H26ClN3O3/c1-2-16-7-11-18(12-8-16)26-22(29)15-21-23(30)28(20-13-9-17(25)10-14-20)24(31)27(21)19-5-3-4-6-19/h7-14,19,21H,2-6,15H2,1H3,(H,26,29)/t21-/m0/s1. The predicted octanol–water partition coefficient (Wildman–Crippen LogP) is 5.01. The summed E-state index contributed by atoms with van der Waals surface area (Å²) in [6, 6.07) is 13.1. The van der Waals surface area contributed by atoms with Gasteiger partial charge in [0.15, 0.2) is 0 Å². The minimum Gasteiger partial charge on any atom is -0.326 e. The van der Waals surface area contributed by atoms with E-state index in [0.29, 0.717) is 16.4 Å². The molecular formula is C24H26ClN3O3. The highest BCUT2D eigenvalue weighted by atomic mass is 35.5. The Balaban J connectivity index is 1.55. The zero-order chi connectivity index (χ0) is 22.0. The van der Waals surface area contributed by atoms with Crippen LogP contribution in [0, 0.1) is 0 Å². The molecule has 1 atom stereocenters. The van der Waals surface area contributed by atoms with Crippen LogP contribution in [0.1, 0.15) is 44.6 Å². The summed E-state index contributed by atoms with van der Waals surface area (Å²) in [7, 11) is 0. The molecule has 7 heteroatoms. The van der Waals surface area contributed by atoms with E-state index in [0.717, 1.165) is 32.1 Å². The molecule has 1 saturated carbocycles. The molecule has 31 heavy (non-hydrogen) atoms. The Morgan fingerprint density at radius 2 is 1.68 bits per heavy atom. The van der Waals surface area contributed by atoms with Crippen LogP contribution in [0.25, 0.3) is 0 Å². The number of rotatable bonds is 6. The highest BCUT2D eigenvalue weighted by Crippen LogP contribution is 2.34. The molecule has 2 aliphatic rings. The Morgan fingerprint density at radius 1 is 1.03 bits per heavy atom. The molecule has 2 fully saturated rings. The Bertz CT molecular complexity index is 969. The van der Waals surface area contributed by atoms with Crippen LogP contribution in [0.3, 0.4) is 0 Å². The number of urea groups is 1. The summed E-state index contributed by atoms with van der Waals surface area (Å²) in [6.45, 7) is 2.07. The number of halogens is 1. The summed E-state index contributed by atoms with van der Waals surface area (Å²) in [6.07, 6.45) is 4.59. The van der Waals surface area contributed by atoms with E-state index >= 15 is 0 Å². The van der Waals surface area contributed by atoms with Crippen LogP contribution in [0.2, 0.25) is 5.02 Å². The largest absolute Gasteiger partial charge is 0.332 e. The van der Waals surface area contributed by atoms with Crippen molar-refractivity contribution in [2.24, 2.45) is 0 Å². The molecule has 0 aromatic heterocycles. The molecule has 0 spiro atoms. The van der Waals surface area contributed by atoms with Crippen molar-refractivity contribution in [3.05, 3.63) is 59.1 Å². The average molecular weight is 440 g/mol. The number of imide groups is 1. The van der Waals surface area contributed by atoms with Crippen LogP contribution in [0.15, 0.2) is 48.5 Å². The van der Waals surface area contributed by atoms with Gasteiger partial charge < -0.3 is 10.2 Å². The van der Waals surface area contributed by atoms with Crippen molar-refractivity contribution >= 4 is 40.8 Å². The summed E-state index contributed by atoms with van der Waals surface area (Å²) < 4.78 is 0. The van der Waals surface area contributed by atoms with Gasteiger partial charge in [-0.2, -0.15) is 0 Å². The van der Waals surface area contributed by atoms with Crippen molar-refractivity contribution in [2.75, 3.05) is 10.2 Å². The number of carbonyl (C=O) groups is 3. The Hall–Kier alpha value is -2.86. The highest BCUT2D eigenvalue weighted by Gasteiger charge is 2.49. The fourth-order valence-corrected chi connectivity index (χ4v) is 4.56. The Labute approximate surface area is 187 Å². The topological polar surface area (TPSA) is 69.7 Å². The average Bonchev–Trinajstić information content (AvgIpc) is 3.36. The highest BCUT2D eigenvalue weighted by molar-refractivity contribution is 6.30. The van der Waals surface area contributed by atoms with Crippen molar-refractivity contribution < 1.29 is 14.4 Å². The third-order valence-corrected chi connectivity index (χ3v) is 6.33. The number of amides is 4. The normalized spacial score (nSPS) is 19.4. The number of hydrogen-bond donors (Lipinski definition) is 1. The number of benzene rings is 2. The van der Waals surface area contributed by atoms with Gasteiger partial charge in [0.1, 0.15) is 6.04 Å². The molecule has 1 N–H and O–H groups in total. The molecule has 0 radical (unpaired) electrons. The molecule has 2 aromatic carbocycles. The second-order valence-corrected chi connectivity index (χ2v) is 8.53. The quantitative estimate of drug-likeness (QED) is 0.643. The van der Waals surface area contributed by atoms with E-state index in [4.69, 9.17) is 11.6 Å². The summed E-state index contributed by atoms with van der Waals surface area (Å²) in [5, 5.41) is 3.39. The van der Waals surface area contributed by atoms with Crippen molar-refractivity contribution in [3.8, 4) is 0 Å². The molecule has 1 saturated heterocycles. The smallest absolute Gasteiger partial charge is 0.326 e. The van der Waals surface area contributed by atoms with Gasteiger partial charge in [0.05, 0.1) is 12.1 Å². The number of anilines is 2. The van der Waals surface area contributed by atoms with Crippen LogP contribution >= 0.6 is 11.6 Å². The monoisotopic (exact) mass is 439 g/mol. The number of hydrogen-bond acceptors (Lipinski definition) is 3. The third-order valence-electron chi connectivity index (χ3n) is 6.08. The van der Waals surface area contributed by atoms with Gasteiger partial charge in [0, 0.05) is 16.8 Å². The van der Waals surface area contributed by atoms with Gasteiger partial charge in [0.25, 0.3) is 5.91 Å². The first-order valence-electron chi connectivity index (χ1n) is 10.8. The number of carbonyl (C=O) groups excluding carboxylic acids is 3. The lowest BCUT2D eigenvalue weighted by atomic mass is 10.1. The molecule has 1 heterocycles. The Morgan fingerprint density at radius 3 is 2.29 bits per heavy atom. The first-order chi connectivity index (χ1) is 15.0. The van der Waals surface area contributed by atoms with Gasteiger partial charge in [-0.3, -0.25) is 9.59 Å². The summed E-state index contributed by atoms with van der Waals surface area (Å²) in [4.78, 5) is 42.2. The van der Waals surface area contributed by atoms with Crippen molar-refractivity contribution in [3.63, 3.8) is 0 Å². The molecule has 0 bridgehead atoms. The van der Waals surface area contributed by atoms with Gasteiger partial charge in [-0.25, -0.2) is 9.69 Å². The van der Waals surface area contributed by atoms with Crippen LogP contribution in [-0.4, -0.2) is 34.8 Å². The van der Waals surface area contributed by atoms with E-state index in [1.165, 1.54) is 10.5 Å². The lowest BCUT2D eigenvalue weighted by Crippen LogP contribution is -2.43. The van der Waals surface area contributed by atoms with Crippen LogP contribution in [0.5, 0.6) is 0 Å². The van der Waals surface area contributed by atoms with Gasteiger partial charge >= 0.3 is 6.03 Å². The molecule has 1 aliphatic heterocycles. The van der Waals surface area contributed by atoms with Gasteiger partial charge in [-0.1, -0.05) is 43.5 Å². The van der Waals surface area contributed by atoms with E-state index in [2.05, 4.69) is 12.2 Å². The van der Waals surface area contributed by atoms with Crippen LogP contribution in [0.4, 0.5) is 16.2 Å². The van der Waals surface area contributed by atoms with Crippen molar-refractivity contribution in [1.29, 1.82) is 0 Å². The van der Waals surface area contributed by atoms with Gasteiger partial charge in [0.2, 0.25) is 5.91 Å². The fraction of sp³-hybridized carbons (Fsp3) is 0.375. The zero-order valence-corrected chi connectivity index (χ0v) is 18.3. The van der Waals surface area contributed by atoms with E-state index < -0.39 is 6.04 Å². The van der Waals surface area contributed by atoms with E-state index in [9.17, 15) is 14.4 Å². The number of aryl methyl sites for hydroxylation is 1. The molecule has 4 amide bonds. The molecule has 0 unspecified atom stereocenters. The van der Waals surface area contributed by atoms with Crippen molar-refractivity contribution in [2.45, 2.75) is 57.5 Å². The van der Waals surface area contributed by atoms with E-state index in [1.54, 1.807) is 29.2 Å². The first kappa shape index (κ1) is 21.4. The lowest BCUT2D eigenvalue weighted by Gasteiger charge is -2.27. The second kappa shape index (κ2) is 9.10. The minimum absolute atomic E-state index is 0.0182. The first-order valence-corrected chi connectivity index (χ1v) is 11.2. The van der Waals surface area contributed by atoms with Gasteiger partial charge in [-0.05, 0) is 61.2 Å². The molecule has 162 valence electrons. The number of nitrogens with zero attached hydrogens (tertiary/aromatic N) is 2. The maximum atomic E-state index is 13.3. The summed E-state index contributed by atoms with van der Waals surface area (Å²) >= 11 is 5.97. The van der Waals surface area contributed by atoms with Crippen LogP contribution < -0.4 is 10.2 Å². The molecule has 2 aromatic rings. The SMILES string of the molecule is CCc1ccc(NC(=O)C[C@H]2C(=O)N(c3ccc(Cl)cc3)C(=O)N2C2CCCC2)cc1. The maximum Gasteiger partial charge on any atom is 0.332 e. The lowest BCUT2D eigenvalue weighted by molar-refractivity contribution is -0.124. The summed E-state index contributed by atoms with van der Waals surface area (Å²) in [5.41, 5.74) is 2.34. The maximum absolute atomic E-state index is 13.3. The molecule has 6 nitrogen and oxygen atoms in total. The number of nitrogens with one attached hydrogen (secondary N) is 1. The summed E-state index contributed by atoms with van der Waals surface area (Å²) in [5.74, 6) is -0.646. The molecular weight excluding hydrogens is 414 g/mol. The van der Waals surface area contributed by atoms with Crippen LogP contribution in [-0.2, 0) is 16.0 Å². The zero-order valence-electron chi connectivity index (χ0n) is 17.5. The molecule has 1 aliphatic carbocycles. The second-order valence-electron chi connectivity index (χ2n) is 8.10. The van der Waals surface area contributed by atoms with Gasteiger partial charge in [-0.15, -0.1) is 0 Å². The van der Waals surface area contributed by atoms with E-state index in [1.807, 2.05) is 24.3 Å². The third kappa shape index (κ3) is 4.44. The Kier molecular flexibility index (Phi) is 6.28. The van der Waals surface area contributed by atoms with E-state index in [-0.39, 0.29) is 30.3 Å².